The maximum atomic E-state index is 6.30. The summed E-state index contributed by atoms with van der Waals surface area (Å²) in [6, 6.07) is 3.91. The van der Waals surface area contributed by atoms with Gasteiger partial charge in [-0.15, -0.1) is 0 Å². The summed E-state index contributed by atoms with van der Waals surface area (Å²) in [5.74, 6) is 0.788. The number of rotatable bonds is 4. The lowest BCUT2D eigenvalue weighted by Crippen LogP contribution is -2.37. The van der Waals surface area contributed by atoms with Crippen molar-refractivity contribution < 1.29 is 4.74 Å². The highest BCUT2D eigenvalue weighted by atomic mass is 32.1. The van der Waals surface area contributed by atoms with Crippen LogP contribution < -0.4 is 5.73 Å². The van der Waals surface area contributed by atoms with E-state index in [9.17, 15) is 0 Å². The van der Waals surface area contributed by atoms with Gasteiger partial charge >= 0.3 is 0 Å². The number of thiocarbonyl (C=S) groups is 1. The minimum absolute atomic E-state index is 0.281. The quantitative estimate of drug-likeness (QED) is 0.866. The van der Waals surface area contributed by atoms with E-state index in [2.05, 4.69) is 25.8 Å². The number of ether oxygens (including phenoxy) is 1. The molecule has 2 aliphatic carbocycles. The van der Waals surface area contributed by atoms with Gasteiger partial charge in [-0.2, -0.15) is 0 Å². The minimum atomic E-state index is 0.281. The molecule has 2 N–H and O–H groups in total. The Labute approximate surface area is 132 Å². The van der Waals surface area contributed by atoms with Crippen molar-refractivity contribution in [3.8, 4) is 0 Å². The molecule has 1 aromatic heterocycles. The van der Waals surface area contributed by atoms with E-state index >= 15 is 0 Å². The summed E-state index contributed by atoms with van der Waals surface area (Å²) >= 11 is 5.07. The van der Waals surface area contributed by atoms with Crippen molar-refractivity contribution in [3.05, 3.63) is 29.6 Å². The molecular weight excluding hydrogens is 280 g/mol. The van der Waals surface area contributed by atoms with Crippen LogP contribution in [0.3, 0.4) is 0 Å². The van der Waals surface area contributed by atoms with Crippen molar-refractivity contribution in [2.45, 2.75) is 52.7 Å². The first-order valence-corrected chi connectivity index (χ1v) is 8.12. The Kier molecular flexibility index (Phi) is 3.57. The topological polar surface area (TPSA) is 48.1 Å². The Morgan fingerprint density at radius 3 is 2.81 bits per heavy atom. The van der Waals surface area contributed by atoms with Crippen LogP contribution in [0, 0.1) is 16.7 Å². The molecule has 4 heteroatoms. The predicted molar refractivity (Wildman–Crippen MR) is 87.9 cm³/mol. The summed E-state index contributed by atoms with van der Waals surface area (Å²) in [4.78, 5) is 4.61. The number of fused-ring (bicyclic) bond motifs is 2. The summed E-state index contributed by atoms with van der Waals surface area (Å²) in [5, 5.41) is 0. The van der Waals surface area contributed by atoms with Crippen LogP contribution >= 0.6 is 12.2 Å². The number of hydrogen-bond acceptors (Lipinski definition) is 3. The first-order chi connectivity index (χ1) is 9.86. The second-order valence-electron chi connectivity index (χ2n) is 7.29. The van der Waals surface area contributed by atoms with Gasteiger partial charge in [0.25, 0.3) is 0 Å². The molecule has 21 heavy (non-hydrogen) atoms. The Hall–Kier alpha value is -1.00. The average Bonchev–Trinajstić information content (AvgIpc) is 2.78. The molecule has 0 radical (unpaired) electrons. The van der Waals surface area contributed by atoms with Crippen LogP contribution in [0.2, 0.25) is 0 Å². The fourth-order valence-electron chi connectivity index (χ4n) is 4.35. The van der Waals surface area contributed by atoms with E-state index in [1.807, 2.05) is 12.1 Å². The monoisotopic (exact) mass is 304 g/mol. The van der Waals surface area contributed by atoms with Crippen LogP contribution in [-0.4, -0.2) is 16.1 Å². The van der Waals surface area contributed by atoms with E-state index in [0.29, 0.717) is 28.8 Å². The number of pyridine rings is 1. The van der Waals surface area contributed by atoms with Crippen LogP contribution in [0.15, 0.2) is 18.3 Å². The van der Waals surface area contributed by atoms with Crippen molar-refractivity contribution in [1.82, 2.24) is 4.98 Å². The van der Waals surface area contributed by atoms with Gasteiger partial charge in [-0.25, -0.2) is 0 Å². The number of nitrogens with two attached hydrogens (primary N) is 1. The molecule has 0 amide bonds. The van der Waals surface area contributed by atoms with Crippen molar-refractivity contribution in [2.75, 3.05) is 0 Å². The van der Waals surface area contributed by atoms with E-state index in [0.717, 1.165) is 11.5 Å². The van der Waals surface area contributed by atoms with Gasteiger partial charge in [-0.3, -0.25) is 4.98 Å². The fourth-order valence-corrected chi connectivity index (χ4v) is 4.53. The summed E-state index contributed by atoms with van der Waals surface area (Å²) in [6.45, 7) is 7.74. The highest BCUT2D eigenvalue weighted by Gasteiger charge is 2.61. The van der Waals surface area contributed by atoms with Gasteiger partial charge in [0, 0.05) is 11.8 Å². The van der Waals surface area contributed by atoms with E-state index in [1.54, 1.807) is 6.20 Å². The molecule has 2 aliphatic rings. The van der Waals surface area contributed by atoms with Gasteiger partial charge < -0.3 is 10.5 Å². The summed E-state index contributed by atoms with van der Waals surface area (Å²) in [7, 11) is 0. The highest BCUT2D eigenvalue weighted by molar-refractivity contribution is 7.80. The van der Waals surface area contributed by atoms with Crippen molar-refractivity contribution in [1.29, 1.82) is 0 Å². The third-order valence-corrected chi connectivity index (χ3v) is 6.47. The van der Waals surface area contributed by atoms with Gasteiger partial charge in [0.05, 0.1) is 12.7 Å². The SMILES string of the molecule is CC1(C)C2CCC1(C)C(OCc1cccnc1C(N)=S)C2. The Bertz CT molecular complexity index is 572. The van der Waals surface area contributed by atoms with Crippen LogP contribution in [0.4, 0.5) is 0 Å². The fraction of sp³-hybridized carbons (Fsp3) is 0.647. The molecule has 3 atom stereocenters. The zero-order valence-corrected chi connectivity index (χ0v) is 13.9. The van der Waals surface area contributed by atoms with Gasteiger partial charge in [0.1, 0.15) is 10.7 Å². The van der Waals surface area contributed by atoms with Gasteiger partial charge in [-0.05, 0) is 42.1 Å². The van der Waals surface area contributed by atoms with Crippen molar-refractivity contribution in [2.24, 2.45) is 22.5 Å². The zero-order valence-electron chi connectivity index (χ0n) is 13.1. The normalized spacial score (nSPS) is 33.3. The molecule has 114 valence electrons. The molecule has 2 saturated carbocycles. The Morgan fingerprint density at radius 1 is 1.48 bits per heavy atom. The van der Waals surface area contributed by atoms with Crippen LogP contribution in [0.1, 0.15) is 51.3 Å². The maximum Gasteiger partial charge on any atom is 0.123 e. The molecule has 0 aliphatic heterocycles. The first-order valence-electron chi connectivity index (χ1n) is 7.71. The molecule has 3 nitrogen and oxygen atoms in total. The first kappa shape index (κ1) is 14.9. The Balaban J connectivity index is 1.74. The zero-order chi connectivity index (χ0) is 15.3. The lowest BCUT2D eigenvalue weighted by atomic mass is 9.70. The number of hydrogen-bond donors (Lipinski definition) is 1. The van der Waals surface area contributed by atoms with Gasteiger partial charge in [0.2, 0.25) is 0 Å². The van der Waals surface area contributed by atoms with E-state index < -0.39 is 0 Å². The van der Waals surface area contributed by atoms with Crippen LogP contribution in [0.25, 0.3) is 0 Å². The highest BCUT2D eigenvalue weighted by Crippen LogP contribution is 2.66. The van der Waals surface area contributed by atoms with Crippen molar-refractivity contribution in [3.63, 3.8) is 0 Å². The predicted octanol–water partition coefficient (Wildman–Crippen LogP) is 3.45. The largest absolute Gasteiger partial charge is 0.388 e. The lowest BCUT2D eigenvalue weighted by molar-refractivity contribution is -0.0551. The Morgan fingerprint density at radius 2 is 2.24 bits per heavy atom. The molecule has 0 spiro atoms. The third-order valence-electron chi connectivity index (χ3n) is 6.28. The summed E-state index contributed by atoms with van der Waals surface area (Å²) < 4.78 is 6.30. The summed E-state index contributed by atoms with van der Waals surface area (Å²) in [6.07, 6.45) is 5.83. The number of nitrogens with zero attached hydrogens (tertiary/aromatic N) is 1. The molecule has 0 saturated heterocycles. The van der Waals surface area contributed by atoms with Gasteiger partial charge in [-0.1, -0.05) is 39.1 Å². The lowest BCUT2D eigenvalue weighted by Gasteiger charge is -2.39. The second kappa shape index (κ2) is 5.03. The molecule has 1 aromatic rings. The van der Waals surface area contributed by atoms with Crippen LogP contribution in [0.5, 0.6) is 0 Å². The molecule has 0 aromatic carbocycles. The molecule has 2 bridgehead atoms. The van der Waals surface area contributed by atoms with E-state index in [-0.39, 0.29) is 5.41 Å². The standard InChI is InChI=1S/C17H24N2OS/c1-16(2)12-6-7-17(16,3)13(9-12)20-10-11-5-4-8-19-14(11)15(18)21/h4-5,8,12-13H,6-7,9-10H2,1-3H3,(H2,18,21). The van der Waals surface area contributed by atoms with E-state index in [1.165, 1.54) is 19.3 Å². The summed E-state index contributed by atoms with van der Waals surface area (Å²) in [5.41, 5.74) is 8.09. The molecular formula is C17H24N2OS. The maximum absolute atomic E-state index is 6.30. The molecule has 1 heterocycles. The van der Waals surface area contributed by atoms with Crippen LogP contribution in [-0.2, 0) is 11.3 Å². The van der Waals surface area contributed by atoms with E-state index in [4.69, 9.17) is 22.7 Å². The molecule has 3 unspecified atom stereocenters. The third kappa shape index (κ3) is 2.20. The second-order valence-corrected chi connectivity index (χ2v) is 7.73. The molecule has 2 fully saturated rings. The average molecular weight is 304 g/mol. The smallest absolute Gasteiger partial charge is 0.123 e. The molecule has 3 rings (SSSR count). The minimum Gasteiger partial charge on any atom is -0.388 e. The van der Waals surface area contributed by atoms with Gasteiger partial charge in [0.15, 0.2) is 0 Å². The van der Waals surface area contributed by atoms with Crippen molar-refractivity contribution >= 4 is 17.2 Å². The number of aromatic nitrogens is 1.